The van der Waals surface area contributed by atoms with Crippen molar-refractivity contribution in [3.8, 4) is 5.88 Å². The summed E-state index contributed by atoms with van der Waals surface area (Å²) >= 11 is 0. The molecule has 0 aliphatic rings. The molecular formula is C9H7CuNO5S. The van der Waals surface area contributed by atoms with E-state index in [0.717, 1.165) is 10.9 Å². The Morgan fingerprint density at radius 1 is 1.06 bits per heavy atom. The van der Waals surface area contributed by atoms with Gasteiger partial charge in [0.2, 0.25) is 5.88 Å². The average molecular weight is 305 g/mol. The van der Waals surface area contributed by atoms with Gasteiger partial charge in [-0.2, -0.15) is 0 Å². The van der Waals surface area contributed by atoms with Gasteiger partial charge in [-0.3, -0.25) is 8.42 Å². The van der Waals surface area contributed by atoms with Gasteiger partial charge in [0.1, 0.15) is 0 Å². The number of nitrogens with zero attached hydrogens (tertiary/aromatic N) is 1. The quantitative estimate of drug-likeness (QED) is 0.433. The Hall–Kier alpha value is -1.18. The number of aromatic hydroxyl groups is 1. The fourth-order valence-electron chi connectivity index (χ4n) is 1.06. The molecule has 0 atom stereocenters. The predicted molar refractivity (Wildman–Crippen MR) is 53.9 cm³/mol. The van der Waals surface area contributed by atoms with Crippen molar-refractivity contribution in [1.29, 1.82) is 0 Å². The van der Waals surface area contributed by atoms with Crippen LogP contribution in [0.1, 0.15) is 0 Å². The van der Waals surface area contributed by atoms with Gasteiger partial charge < -0.3 is 14.2 Å². The Labute approximate surface area is 108 Å². The number of benzene rings is 1. The maximum atomic E-state index is 9.02. The van der Waals surface area contributed by atoms with Gasteiger partial charge in [0.05, 0.1) is 5.52 Å². The van der Waals surface area contributed by atoms with Gasteiger partial charge in [0, 0.05) is 21.9 Å². The van der Waals surface area contributed by atoms with Gasteiger partial charge in [0.15, 0.2) is 0 Å². The fourth-order valence-corrected chi connectivity index (χ4v) is 1.06. The molecule has 8 heteroatoms. The van der Waals surface area contributed by atoms with Crippen LogP contribution in [0.25, 0.3) is 10.9 Å². The minimum Gasteiger partial charge on any atom is -0.759 e. The topological polar surface area (TPSA) is 113 Å². The van der Waals surface area contributed by atoms with Gasteiger partial charge in [0.25, 0.3) is 0 Å². The summed E-state index contributed by atoms with van der Waals surface area (Å²) in [6, 6.07) is 11.1. The van der Waals surface area contributed by atoms with Crippen LogP contribution in [0.5, 0.6) is 5.88 Å². The van der Waals surface area contributed by atoms with E-state index in [4.69, 9.17) is 22.6 Å². The van der Waals surface area contributed by atoms with Crippen molar-refractivity contribution in [1.82, 2.24) is 4.98 Å². The van der Waals surface area contributed by atoms with Crippen molar-refractivity contribution in [2.24, 2.45) is 0 Å². The minimum atomic E-state index is -5.17. The summed E-state index contributed by atoms with van der Waals surface area (Å²) in [7, 11) is -5.17. The molecule has 2 rings (SSSR count). The van der Waals surface area contributed by atoms with Crippen LogP contribution in [0.4, 0.5) is 0 Å². The average Bonchev–Trinajstić information content (AvgIpc) is 2.15. The normalized spacial score (nSPS) is 10.0. The molecule has 1 N–H and O–H groups in total. The van der Waals surface area contributed by atoms with Crippen LogP contribution in [0.15, 0.2) is 36.4 Å². The summed E-state index contributed by atoms with van der Waals surface area (Å²) in [5, 5.41) is 10.1. The van der Waals surface area contributed by atoms with Gasteiger partial charge in [-0.1, -0.05) is 18.2 Å². The molecule has 0 spiro atoms. The summed E-state index contributed by atoms with van der Waals surface area (Å²) in [5.74, 6) is 0.0729. The second kappa shape index (κ2) is 6.53. The van der Waals surface area contributed by atoms with Crippen LogP contribution < -0.4 is 0 Å². The largest absolute Gasteiger partial charge is 2.00 e. The summed E-state index contributed by atoms with van der Waals surface area (Å²) < 4.78 is 34.1. The molecule has 6 nitrogen and oxygen atoms in total. The van der Waals surface area contributed by atoms with Crippen molar-refractivity contribution in [3.05, 3.63) is 36.4 Å². The first-order chi connectivity index (χ1) is 7.36. The SMILES string of the molecule is O=S(=O)([O-])[O-].Oc1ccc2ccccc2n1.[Cu+2]. The zero-order valence-electron chi connectivity index (χ0n) is 8.20. The Morgan fingerprint density at radius 3 is 2.18 bits per heavy atom. The van der Waals surface area contributed by atoms with Gasteiger partial charge in [-0.25, -0.2) is 4.98 Å². The second-order valence-electron chi connectivity index (χ2n) is 2.77. The molecule has 1 radical (unpaired) electrons. The molecule has 0 unspecified atom stereocenters. The summed E-state index contributed by atoms with van der Waals surface area (Å²) in [6.45, 7) is 0. The molecule has 0 amide bonds. The van der Waals surface area contributed by atoms with Crippen LogP contribution in [-0.2, 0) is 27.5 Å². The van der Waals surface area contributed by atoms with E-state index in [1.165, 1.54) is 0 Å². The Bertz CT molecular complexity index is 579. The number of para-hydroxylation sites is 1. The van der Waals surface area contributed by atoms with Gasteiger partial charge >= 0.3 is 17.1 Å². The number of aromatic nitrogens is 1. The molecule has 0 aliphatic carbocycles. The van der Waals surface area contributed by atoms with E-state index in [9.17, 15) is 0 Å². The Kier molecular flexibility index (Phi) is 6.08. The number of hydrogen-bond acceptors (Lipinski definition) is 6. The van der Waals surface area contributed by atoms with E-state index in [1.54, 1.807) is 6.07 Å². The van der Waals surface area contributed by atoms with E-state index >= 15 is 0 Å². The third-order valence-corrected chi connectivity index (χ3v) is 1.58. The summed E-state index contributed by atoms with van der Waals surface area (Å²) in [6.07, 6.45) is 0. The minimum absolute atomic E-state index is 0. The van der Waals surface area contributed by atoms with E-state index < -0.39 is 10.4 Å². The first-order valence-corrected chi connectivity index (χ1v) is 5.41. The van der Waals surface area contributed by atoms with Crippen LogP contribution >= 0.6 is 0 Å². The van der Waals surface area contributed by atoms with Gasteiger partial charge in [-0.15, -0.1) is 0 Å². The molecule has 1 heterocycles. The van der Waals surface area contributed by atoms with Gasteiger partial charge in [-0.05, 0) is 12.1 Å². The standard InChI is InChI=1S/C9H7NO.Cu.H2O4S/c11-9-6-5-7-3-1-2-4-8(7)10-9;;1-5(2,3)4/h1-6H,(H,10,11);;(H2,1,2,3,4)/q;+2;/p-2. The monoisotopic (exact) mass is 304 g/mol. The zero-order valence-corrected chi connectivity index (χ0v) is 9.96. The number of fused-ring (bicyclic) bond motifs is 1. The van der Waals surface area contributed by atoms with Crippen molar-refractivity contribution in [2.75, 3.05) is 0 Å². The van der Waals surface area contributed by atoms with E-state index in [-0.39, 0.29) is 22.9 Å². The number of hydrogen-bond donors (Lipinski definition) is 1. The third-order valence-electron chi connectivity index (χ3n) is 1.58. The van der Waals surface area contributed by atoms with Crippen molar-refractivity contribution in [3.63, 3.8) is 0 Å². The maximum absolute atomic E-state index is 9.02. The molecule has 17 heavy (non-hydrogen) atoms. The van der Waals surface area contributed by atoms with Crippen LogP contribution in [0.2, 0.25) is 0 Å². The number of pyridine rings is 1. The molecule has 0 saturated carbocycles. The van der Waals surface area contributed by atoms with Crippen LogP contribution in [0.3, 0.4) is 0 Å². The van der Waals surface area contributed by atoms with Crippen molar-refractivity contribution >= 4 is 21.3 Å². The molecule has 0 bridgehead atoms. The maximum Gasteiger partial charge on any atom is 2.00 e. The summed E-state index contributed by atoms with van der Waals surface area (Å²) in [4.78, 5) is 3.93. The summed E-state index contributed by atoms with van der Waals surface area (Å²) in [5.41, 5.74) is 0.826. The molecule has 1 aromatic carbocycles. The van der Waals surface area contributed by atoms with E-state index in [2.05, 4.69) is 4.98 Å². The molecule has 0 saturated heterocycles. The van der Waals surface area contributed by atoms with E-state index in [1.807, 2.05) is 30.3 Å². The molecule has 2 aromatic rings. The molecule has 0 fully saturated rings. The Balaban J connectivity index is 0.000000373. The zero-order chi connectivity index (χ0) is 12.2. The number of rotatable bonds is 0. The third kappa shape index (κ3) is 6.88. The fraction of sp³-hybridized carbons (Fsp3) is 0. The molecule has 0 aliphatic heterocycles. The first kappa shape index (κ1) is 15.8. The predicted octanol–water partition coefficient (Wildman–Crippen LogP) is 0.600. The first-order valence-electron chi connectivity index (χ1n) is 4.08. The van der Waals surface area contributed by atoms with Crippen molar-refractivity contribution in [2.45, 2.75) is 0 Å². The smallest absolute Gasteiger partial charge is 0.759 e. The van der Waals surface area contributed by atoms with Crippen LogP contribution in [-0.4, -0.2) is 27.6 Å². The molecule has 95 valence electrons. The second-order valence-corrected chi connectivity index (χ2v) is 3.59. The molecular weight excluding hydrogens is 298 g/mol. The Morgan fingerprint density at radius 2 is 1.59 bits per heavy atom. The van der Waals surface area contributed by atoms with Crippen molar-refractivity contribution < 1.29 is 39.7 Å². The van der Waals surface area contributed by atoms with E-state index in [0.29, 0.717) is 0 Å². The molecule has 1 aromatic heterocycles. The van der Waals surface area contributed by atoms with Crippen LogP contribution in [0, 0.1) is 0 Å².